The lowest BCUT2D eigenvalue weighted by Crippen LogP contribution is -2.19. The monoisotopic (exact) mass is 278 g/mol. The summed E-state index contributed by atoms with van der Waals surface area (Å²) in [4.78, 5) is 32.1. The molecular weight excluding hydrogens is 256 g/mol. The first kappa shape index (κ1) is 16.2. The van der Waals surface area contributed by atoms with Crippen LogP contribution >= 0.6 is 0 Å². The Morgan fingerprint density at radius 2 is 1.70 bits per heavy atom. The van der Waals surface area contributed by atoms with Gasteiger partial charge in [0, 0.05) is 0 Å². The van der Waals surface area contributed by atoms with Crippen molar-refractivity contribution in [3.63, 3.8) is 0 Å². The van der Waals surface area contributed by atoms with Crippen molar-refractivity contribution in [3.05, 3.63) is 35.9 Å². The van der Waals surface area contributed by atoms with Crippen LogP contribution < -0.4 is 0 Å². The van der Waals surface area contributed by atoms with E-state index in [2.05, 4.69) is 9.78 Å². The molecule has 1 rings (SSSR count). The lowest BCUT2D eigenvalue weighted by atomic mass is 10.0. The van der Waals surface area contributed by atoms with Gasteiger partial charge in [-0.15, -0.1) is 0 Å². The van der Waals surface area contributed by atoms with Gasteiger partial charge in [0.1, 0.15) is 0 Å². The molecule has 0 bridgehead atoms. The van der Waals surface area contributed by atoms with Crippen LogP contribution in [-0.4, -0.2) is 11.9 Å². The Hall–Kier alpha value is -1.84. The highest BCUT2D eigenvalue weighted by Crippen LogP contribution is 2.11. The van der Waals surface area contributed by atoms with Gasteiger partial charge in [-0.2, -0.15) is 0 Å². The minimum absolute atomic E-state index is 0.262. The molecule has 0 saturated carbocycles. The third kappa shape index (κ3) is 6.36. The van der Waals surface area contributed by atoms with E-state index in [1.165, 1.54) is 0 Å². The predicted octanol–water partition coefficient (Wildman–Crippen LogP) is 3.30. The highest BCUT2D eigenvalue weighted by Gasteiger charge is 2.18. The van der Waals surface area contributed by atoms with Crippen molar-refractivity contribution in [2.24, 2.45) is 11.8 Å². The quantitative estimate of drug-likeness (QED) is 0.592. The van der Waals surface area contributed by atoms with E-state index >= 15 is 0 Å². The van der Waals surface area contributed by atoms with Gasteiger partial charge in [-0.05, 0) is 24.3 Å². The maximum Gasteiger partial charge on any atom is 0.358 e. The molecule has 4 heteroatoms. The first-order chi connectivity index (χ1) is 9.49. The van der Waals surface area contributed by atoms with Crippen LogP contribution in [0.2, 0.25) is 0 Å². The van der Waals surface area contributed by atoms with Gasteiger partial charge >= 0.3 is 11.9 Å². The molecule has 0 aliphatic rings. The second-order valence-electron chi connectivity index (χ2n) is 5.38. The van der Waals surface area contributed by atoms with Crippen molar-refractivity contribution >= 4 is 11.9 Å². The van der Waals surface area contributed by atoms with E-state index < -0.39 is 11.9 Å². The molecule has 0 radical (unpaired) electrons. The number of hydrogen-bond donors (Lipinski definition) is 0. The normalized spacial score (nSPS) is 12.0. The van der Waals surface area contributed by atoms with Gasteiger partial charge in [-0.1, -0.05) is 51.1 Å². The molecule has 0 aliphatic carbocycles. The predicted molar refractivity (Wildman–Crippen MR) is 75.6 cm³/mol. The summed E-state index contributed by atoms with van der Waals surface area (Å²) in [6.07, 6.45) is 1.54. The fourth-order valence-electron chi connectivity index (χ4n) is 1.67. The topological polar surface area (TPSA) is 52.6 Å². The van der Waals surface area contributed by atoms with Gasteiger partial charge in [0.15, 0.2) is 0 Å². The van der Waals surface area contributed by atoms with Crippen LogP contribution in [0.25, 0.3) is 0 Å². The van der Waals surface area contributed by atoms with E-state index in [9.17, 15) is 9.59 Å². The van der Waals surface area contributed by atoms with Gasteiger partial charge in [0.05, 0.1) is 12.3 Å². The van der Waals surface area contributed by atoms with E-state index in [0.717, 1.165) is 12.0 Å². The molecule has 1 atom stereocenters. The van der Waals surface area contributed by atoms with E-state index in [1.807, 2.05) is 44.2 Å². The summed E-state index contributed by atoms with van der Waals surface area (Å²) >= 11 is 0. The molecule has 0 N–H and O–H groups in total. The maximum absolute atomic E-state index is 11.7. The van der Waals surface area contributed by atoms with Crippen molar-refractivity contribution in [1.29, 1.82) is 0 Å². The van der Waals surface area contributed by atoms with Crippen LogP contribution in [0.1, 0.15) is 39.2 Å². The fourth-order valence-corrected chi connectivity index (χ4v) is 1.67. The molecule has 4 nitrogen and oxygen atoms in total. The third-order valence-electron chi connectivity index (χ3n) is 2.93. The summed E-state index contributed by atoms with van der Waals surface area (Å²) in [6, 6.07) is 9.64. The maximum atomic E-state index is 11.7. The number of hydrogen-bond acceptors (Lipinski definition) is 4. The Morgan fingerprint density at radius 1 is 1.05 bits per heavy atom. The van der Waals surface area contributed by atoms with Crippen LogP contribution in [0.3, 0.4) is 0 Å². The fraction of sp³-hybridized carbons (Fsp3) is 0.500. The van der Waals surface area contributed by atoms with Crippen LogP contribution in [-0.2, 0) is 25.8 Å². The van der Waals surface area contributed by atoms with Crippen molar-refractivity contribution in [2.45, 2.75) is 40.0 Å². The molecule has 1 aromatic carbocycles. The number of carbonyl (C=O) groups is 2. The summed E-state index contributed by atoms with van der Waals surface area (Å²) < 4.78 is 0. The molecule has 0 aliphatic heterocycles. The number of benzene rings is 1. The molecule has 0 saturated heterocycles. The largest absolute Gasteiger partial charge is 0.358 e. The zero-order chi connectivity index (χ0) is 15.0. The smallest absolute Gasteiger partial charge is 0.247 e. The van der Waals surface area contributed by atoms with Gasteiger partial charge in [-0.25, -0.2) is 19.4 Å². The Labute approximate surface area is 120 Å². The van der Waals surface area contributed by atoms with E-state index in [1.54, 1.807) is 6.92 Å². The molecule has 0 heterocycles. The van der Waals surface area contributed by atoms with Crippen molar-refractivity contribution in [1.82, 2.24) is 0 Å². The molecule has 0 amide bonds. The van der Waals surface area contributed by atoms with Crippen LogP contribution in [0.15, 0.2) is 30.3 Å². The van der Waals surface area contributed by atoms with Crippen LogP contribution in [0, 0.1) is 11.8 Å². The molecule has 0 fully saturated rings. The van der Waals surface area contributed by atoms with Crippen molar-refractivity contribution in [3.8, 4) is 0 Å². The minimum Gasteiger partial charge on any atom is -0.247 e. The highest BCUT2D eigenvalue weighted by molar-refractivity contribution is 5.74. The standard InChI is InChI=1S/C16H22O4/c1-12(2)9-10-15(17)19-20-16(18)13(3)11-14-7-5-4-6-8-14/h4-8,12-13H,9-11H2,1-3H3. The second kappa shape index (κ2) is 8.35. The van der Waals surface area contributed by atoms with Gasteiger partial charge in [0.2, 0.25) is 0 Å². The second-order valence-corrected chi connectivity index (χ2v) is 5.38. The number of rotatable bonds is 6. The zero-order valence-electron chi connectivity index (χ0n) is 12.3. The van der Waals surface area contributed by atoms with Crippen molar-refractivity contribution in [2.75, 3.05) is 0 Å². The van der Waals surface area contributed by atoms with Crippen molar-refractivity contribution < 1.29 is 19.4 Å². The Morgan fingerprint density at radius 3 is 2.30 bits per heavy atom. The molecule has 110 valence electrons. The van der Waals surface area contributed by atoms with Gasteiger partial charge < -0.3 is 0 Å². The Balaban J connectivity index is 2.30. The van der Waals surface area contributed by atoms with E-state index in [-0.39, 0.29) is 12.3 Å². The van der Waals surface area contributed by atoms with Crippen LogP contribution in [0.4, 0.5) is 0 Å². The summed E-state index contributed by atoms with van der Waals surface area (Å²) in [5, 5.41) is 0. The van der Waals surface area contributed by atoms with Gasteiger partial charge in [0.25, 0.3) is 0 Å². The summed E-state index contributed by atoms with van der Waals surface area (Å²) in [5.41, 5.74) is 1.04. The first-order valence-corrected chi connectivity index (χ1v) is 6.94. The number of carbonyl (C=O) groups excluding carboxylic acids is 2. The molecular formula is C16H22O4. The van der Waals surface area contributed by atoms with Crippen LogP contribution in [0.5, 0.6) is 0 Å². The lowest BCUT2D eigenvalue weighted by Gasteiger charge is -2.10. The Kier molecular flexibility index (Phi) is 6.77. The van der Waals surface area contributed by atoms with Gasteiger partial charge in [-0.3, -0.25) is 0 Å². The first-order valence-electron chi connectivity index (χ1n) is 6.94. The lowest BCUT2D eigenvalue weighted by molar-refractivity contribution is -0.262. The highest BCUT2D eigenvalue weighted by atomic mass is 17.2. The Bertz CT molecular complexity index is 425. The average Bonchev–Trinajstić information content (AvgIpc) is 2.43. The average molecular weight is 278 g/mol. The molecule has 1 unspecified atom stereocenters. The zero-order valence-corrected chi connectivity index (χ0v) is 12.3. The summed E-state index contributed by atoms with van der Waals surface area (Å²) in [5.74, 6) is -0.962. The molecule has 1 aromatic rings. The van der Waals surface area contributed by atoms with E-state index in [0.29, 0.717) is 12.3 Å². The molecule has 20 heavy (non-hydrogen) atoms. The summed E-state index contributed by atoms with van der Waals surface area (Å²) in [7, 11) is 0. The minimum atomic E-state index is -0.522. The molecule has 0 spiro atoms. The van der Waals surface area contributed by atoms with E-state index in [4.69, 9.17) is 0 Å². The SMILES string of the molecule is CC(C)CCC(=O)OOC(=O)C(C)Cc1ccccc1. The third-order valence-corrected chi connectivity index (χ3v) is 2.93. The summed E-state index contributed by atoms with van der Waals surface area (Å²) in [6.45, 7) is 5.78. The molecule has 0 aromatic heterocycles.